The maximum atomic E-state index is 13.1. The monoisotopic (exact) mass is 329 g/mol. The summed E-state index contributed by atoms with van der Waals surface area (Å²) in [4.78, 5) is 24.6. The molecule has 1 amide bonds. The summed E-state index contributed by atoms with van der Waals surface area (Å²) in [7, 11) is 0. The largest absolute Gasteiger partial charge is 0.331 e. The van der Waals surface area contributed by atoms with E-state index < -0.39 is 0 Å². The molecular formula is C18H23N3OS. The number of aryl methyl sites for hydroxylation is 1. The summed E-state index contributed by atoms with van der Waals surface area (Å²) in [6.07, 6.45) is 5.78. The van der Waals surface area contributed by atoms with Crippen LogP contribution in [0.3, 0.4) is 0 Å². The molecule has 122 valence electrons. The van der Waals surface area contributed by atoms with Crippen molar-refractivity contribution in [3.05, 3.63) is 45.7 Å². The first-order valence-corrected chi connectivity index (χ1v) is 8.85. The van der Waals surface area contributed by atoms with E-state index in [9.17, 15) is 4.79 Å². The van der Waals surface area contributed by atoms with E-state index in [1.54, 1.807) is 17.5 Å². The van der Waals surface area contributed by atoms with Crippen molar-refractivity contribution in [3.63, 3.8) is 0 Å². The molecule has 0 spiro atoms. The maximum Gasteiger partial charge on any atom is 0.266 e. The van der Waals surface area contributed by atoms with Gasteiger partial charge in [0.15, 0.2) is 0 Å². The molecule has 2 aromatic rings. The molecule has 3 rings (SSSR count). The normalized spacial score (nSPS) is 14.8. The first-order chi connectivity index (χ1) is 10.9. The number of hydrogen-bond acceptors (Lipinski definition) is 4. The van der Waals surface area contributed by atoms with Crippen molar-refractivity contribution in [1.29, 1.82) is 0 Å². The molecule has 2 heterocycles. The minimum absolute atomic E-state index is 0.0261. The maximum absolute atomic E-state index is 13.1. The van der Waals surface area contributed by atoms with Crippen molar-refractivity contribution in [1.82, 2.24) is 14.9 Å². The highest BCUT2D eigenvalue weighted by atomic mass is 32.1. The van der Waals surface area contributed by atoms with Crippen LogP contribution >= 0.6 is 11.3 Å². The first-order valence-electron chi connectivity index (χ1n) is 8.04. The second-order valence-electron chi connectivity index (χ2n) is 7.21. The van der Waals surface area contributed by atoms with Crippen LogP contribution in [0.2, 0.25) is 0 Å². The van der Waals surface area contributed by atoms with Gasteiger partial charge in [0, 0.05) is 30.4 Å². The van der Waals surface area contributed by atoms with Gasteiger partial charge in [-0.1, -0.05) is 26.8 Å². The van der Waals surface area contributed by atoms with E-state index in [-0.39, 0.29) is 11.3 Å². The summed E-state index contributed by atoms with van der Waals surface area (Å²) in [6, 6.07) is 4.30. The number of thiazole rings is 1. The summed E-state index contributed by atoms with van der Waals surface area (Å²) in [5, 5.41) is 1.02. The fourth-order valence-corrected chi connectivity index (χ4v) is 3.57. The number of aromatic nitrogens is 2. The summed E-state index contributed by atoms with van der Waals surface area (Å²) >= 11 is 1.54. The average Bonchev–Trinajstić information content (AvgIpc) is 3.26. The van der Waals surface area contributed by atoms with Crippen LogP contribution in [0.1, 0.15) is 59.5 Å². The lowest BCUT2D eigenvalue weighted by Gasteiger charge is -2.22. The Hall–Kier alpha value is -1.75. The molecule has 0 radical (unpaired) electrons. The molecular weight excluding hydrogens is 306 g/mol. The van der Waals surface area contributed by atoms with Crippen LogP contribution in [-0.2, 0) is 12.0 Å². The Morgan fingerprint density at radius 3 is 2.65 bits per heavy atom. The molecule has 0 N–H and O–H groups in total. The number of rotatable bonds is 4. The molecule has 4 nitrogen and oxygen atoms in total. The number of pyridine rings is 1. The third kappa shape index (κ3) is 3.61. The van der Waals surface area contributed by atoms with E-state index in [4.69, 9.17) is 0 Å². The first kappa shape index (κ1) is 16.1. The van der Waals surface area contributed by atoms with E-state index in [0.29, 0.717) is 12.6 Å². The van der Waals surface area contributed by atoms with Crippen molar-refractivity contribution in [2.24, 2.45) is 0 Å². The molecule has 2 aromatic heterocycles. The second-order valence-corrected chi connectivity index (χ2v) is 8.21. The molecule has 0 unspecified atom stereocenters. The lowest BCUT2D eigenvalue weighted by Crippen LogP contribution is -2.32. The topological polar surface area (TPSA) is 46.1 Å². The predicted molar refractivity (Wildman–Crippen MR) is 92.7 cm³/mol. The summed E-state index contributed by atoms with van der Waals surface area (Å²) in [6.45, 7) is 8.96. The standard InChI is InChI=1S/C18H23N3OS/c1-12-15(23-17(20-12)18(2,3)4)16(22)21(14-7-8-14)11-13-6-5-9-19-10-13/h5-6,9-10,14H,7-8,11H2,1-4H3. The Morgan fingerprint density at radius 1 is 1.39 bits per heavy atom. The van der Waals surface area contributed by atoms with E-state index >= 15 is 0 Å². The van der Waals surface area contributed by atoms with Crippen LogP contribution in [0.15, 0.2) is 24.5 Å². The number of carbonyl (C=O) groups excluding carboxylic acids is 1. The van der Waals surface area contributed by atoms with Crippen LogP contribution in [0.25, 0.3) is 0 Å². The average molecular weight is 329 g/mol. The highest BCUT2D eigenvalue weighted by Gasteiger charge is 2.35. The highest BCUT2D eigenvalue weighted by molar-refractivity contribution is 7.14. The van der Waals surface area contributed by atoms with Gasteiger partial charge >= 0.3 is 0 Å². The molecule has 5 heteroatoms. The zero-order valence-electron chi connectivity index (χ0n) is 14.2. The van der Waals surface area contributed by atoms with Gasteiger partial charge in [0.05, 0.1) is 10.7 Å². The number of nitrogens with zero attached hydrogens (tertiary/aromatic N) is 3. The lowest BCUT2D eigenvalue weighted by molar-refractivity contribution is 0.0734. The van der Waals surface area contributed by atoms with Crippen LogP contribution in [0.4, 0.5) is 0 Å². The molecule has 1 aliphatic carbocycles. The van der Waals surface area contributed by atoms with Gasteiger partial charge < -0.3 is 4.90 Å². The Labute approximate surface area is 141 Å². The van der Waals surface area contributed by atoms with E-state index in [0.717, 1.165) is 34.0 Å². The van der Waals surface area contributed by atoms with Gasteiger partial charge in [-0.25, -0.2) is 4.98 Å². The van der Waals surface area contributed by atoms with Gasteiger partial charge in [-0.3, -0.25) is 9.78 Å². The highest BCUT2D eigenvalue weighted by Crippen LogP contribution is 2.34. The Kier molecular flexibility index (Phi) is 4.23. The quantitative estimate of drug-likeness (QED) is 0.853. The molecule has 1 aliphatic rings. The Morgan fingerprint density at radius 2 is 2.13 bits per heavy atom. The van der Waals surface area contributed by atoms with E-state index in [1.807, 2.05) is 30.2 Å². The number of amides is 1. The zero-order chi connectivity index (χ0) is 16.6. The molecule has 0 aromatic carbocycles. The third-order valence-corrected chi connectivity index (χ3v) is 5.53. The fourth-order valence-electron chi connectivity index (χ4n) is 2.49. The van der Waals surface area contributed by atoms with Gasteiger partial charge in [-0.2, -0.15) is 0 Å². The summed E-state index contributed by atoms with van der Waals surface area (Å²) in [5.74, 6) is 0.113. The van der Waals surface area contributed by atoms with Gasteiger partial charge in [-0.15, -0.1) is 11.3 Å². The lowest BCUT2D eigenvalue weighted by atomic mass is 9.98. The minimum Gasteiger partial charge on any atom is -0.331 e. The van der Waals surface area contributed by atoms with Gasteiger partial charge in [0.25, 0.3) is 5.91 Å². The van der Waals surface area contributed by atoms with Crippen molar-refractivity contribution < 1.29 is 4.79 Å². The Bertz CT molecular complexity index is 699. The minimum atomic E-state index is -0.0261. The number of carbonyl (C=O) groups is 1. The van der Waals surface area contributed by atoms with Gasteiger partial charge in [0.1, 0.15) is 4.88 Å². The Balaban J connectivity index is 1.86. The molecule has 1 saturated carbocycles. The predicted octanol–water partition coefficient (Wildman–Crippen LogP) is 3.95. The van der Waals surface area contributed by atoms with Crippen molar-refractivity contribution >= 4 is 17.2 Å². The van der Waals surface area contributed by atoms with Gasteiger partial charge in [0.2, 0.25) is 0 Å². The molecule has 0 saturated heterocycles. The second kappa shape index (κ2) is 6.04. The third-order valence-electron chi connectivity index (χ3n) is 3.96. The molecule has 1 fully saturated rings. The van der Waals surface area contributed by atoms with Gasteiger partial charge in [-0.05, 0) is 31.4 Å². The smallest absolute Gasteiger partial charge is 0.266 e. The zero-order valence-corrected chi connectivity index (χ0v) is 15.0. The van der Waals surface area contributed by atoms with Crippen molar-refractivity contribution in [2.75, 3.05) is 0 Å². The van der Waals surface area contributed by atoms with Crippen LogP contribution in [0.5, 0.6) is 0 Å². The summed E-state index contributed by atoms with van der Waals surface area (Å²) in [5.41, 5.74) is 1.90. The molecule has 0 aliphatic heterocycles. The van der Waals surface area contributed by atoms with Crippen molar-refractivity contribution in [3.8, 4) is 0 Å². The SMILES string of the molecule is Cc1nc(C(C)(C)C)sc1C(=O)N(Cc1cccnc1)C1CC1. The molecule has 0 bridgehead atoms. The van der Waals surface area contributed by atoms with E-state index in [1.165, 1.54) is 0 Å². The van der Waals surface area contributed by atoms with Crippen LogP contribution < -0.4 is 0 Å². The number of hydrogen-bond donors (Lipinski definition) is 0. The molecule has 23 heavy (non-hydrogen) atoms. The van der Waals surface area contributed by atoms with Crippen LogP contribution in [-0.4, -0.2) is 26.8 Å². The molecule has 0 atom stereocenters. The fraction of sp³-hybridized carbons (Fsp3) is 0.500. The van der Waals surface area contributed by atoms with Crippen molar-refractivity contribution in [2.45, 2.75) is 58.5 Å². The van der Waals surface area contributed by atoms with Crippen LogP contribution in [0, 0.1) is 6.92 Å². The summed E-state index contributed by atoms with van der Waals surface area (Å²) < 4.78 is 0. The van der Waals surface area contributed by atoms with E-state index in [2.05, 4.69) is 30.7 Å².